The first-order valence-corrected chi connectivity index (χ1v) is 12.2. The van der Waals surface area contributed by atoms with E-state index in [0.29, 0.717) is 12.0 Å². The maximum Gasteiger partial charge on any atom is 0.416 e. The topological polar surface area (TPSA) is 77.6 Å². The second-order valence-corrected chi connectivity index (χ2v) is 9.81. The van der Waals surface area contributed by atoms with Crippen molar-refractivity contribution < 1.29 is 22.8 Å². The Kier molecular flexibility index (Phi) is 7.82. The number of hydrogen-bond acceptors (Lipinski definition) is 5. The van der Waals surface area contributed by atoms with Gasteiger partial charge in [0, 0.05) is 56.9 Å². The summed E-state index contributed by atoms with van der Waals surface area (Å²) in [5.74, 6) is -0.560. The van der Waals surface area contributed by atoms with Gasteiger partial charge in [-0.25, -0.2) is 0 Å². The zero-order chi connectivity index (χ0) is 25.9. The number of anilines is 1. The molecule has 0 spiro atoms. The highest BCUT2D eigenvalue weighted by atomic mass is 19.4. The molecule has 2 heterocycles. The summed E-state index contributed by atoms with van der Waals surface area (Å²) in [5.41, 5.74) is 1.50. The average molecular weight is 504 g/mol. The molecule has 0 bridgehead atoms. The van der Waals surface area contributed by atoms with Crippen LogP contribution in [-0.4, -0.2) is 67.5 Å². The number of carbonyl (C=O) groups excluding carboxylic acids is 2. The number of hydrogen-bond donors (Lipinski definition) is 2. The minimum absolute atomic E-state index is 0.0133. The molecule has 1 aliphatic heterocycles. The average Bonchev–Trinajstić information content (AvgIpc) is 2.84. The van der Waals surface area contributed by atoms with Crippen molar-refractivity contribution in [1.82, 2.24) is 20.5 Å². The molecule has 2 aliphatic rings. The molecule has 0 unspecified atom stereocenters. The summed E-state index contributed by atoms with van der Waals surface area (Å²) in [4.78, 5) is 33.3. The summed E-state index contributed by atoms with van der Waals surface area (Å²) in [7, 11) is 4.10. The molecule has 194 valence electrons. The highest BCUT2D eigenvalue weighted by Crippen LogP contribution is 2.39. The van der Waals surface area contributed by atoms with Crippen LogP contribution in [0.2, 0.25) is 0 Å². The van der Waals surface area contributed by atoms with Gasteiger partial charge in [0.25, 0.3) is 5.91 Å². The summed E-state index contributed by atoms with van der Waals surface area (Å²) in [6.45, 7) is 1.24. The van der Waals surface area contributed by atoms with Crippen LogP contribution in [0.25, 0.3) is 0 Å². The summed E-state index contributed by atoms with van der Waals surface area (Å²) < 4.78 is 38.5. The third-order valence-electron chi connectivity index (χ3n) is 7.10. The molecular weight excluding hydrogens is 471 g/mol. The number of alkyl halides is 3. The van der Waals surface area contributed by atoms with Gasteiger partial charge in [0.15, 0.2) is 0 Å². The Labute approximate surface area is 209 Å². The van der Waals surface area contributed by atoms with Crippen LogP contribution in [-0.2, 0) is 11.0 Å². The second-order valence-electron chi connectivity index (χ2n) is 9.81. The Bertz CT molecular complexity index is 1080. The van der Waals surface area contributed by atoms with Crippen LogP contribution in [0.1, 0.15) is 53.1 Å². The van der Waals surface area contributed by atoms with Gasteiger partial charge in [-0.15, -0.1) is 0 Å². The minimum Gasteiger partial charge on any atom is -0.377 e. The van der Waals surface area contributed by atoms with E-state index < -0.39 is 17.6 Å². The number of amides is 2. The van der Waals surface area contributed by atoms with E-state index in [9.17, 15) is 22.8 Å². The van der Waals surface area contributed by atoms with Gasteiger partial charge in [-0.2, -0.15) is 13.2 Å². The van der Waals surface area contributed by atoms with Crippen molar-refractivity contribution in [2.24, 2.45) is 0 Å². The van der Waals surface area contributed by atoms with Gasteiger partial charge in [0.1, 0.15) is 0 Å². The van der Waals surface area contributed by atoms with Crippen LogP contribution < -0.4 is 15.5 Å². The fraction of sp³-hybridized carbons (Fsp3) is 0.500. The van der Waals surface area contributed by atoms with E-state index in [4.69, 9.17) is 0 Å². The smallest absolute Gasteiger partial charge is 0.377 e. The number of carbonyl (C=O) groups is 2. The lowest BCUT2D eigenvalue weighted by atomic mass is 9.80. The second kappa shape index (κ2) is 10.9. The molecule has 2 N–H and O–H groups in total. The molecule has 10 heteroatoms. The van der Waals surface area contributed by atoms with Gasteiger partial charge in [-0.05, 0) is 61.4 Å². The molecule has 2 amide bonds. The predicted molar refractivity (Wildman–Crippen MR) is 131 cm³/mol. The van der Waals surface area contributed by atoms with E-state index in [1.807, 2.05) is 12.4 Å². The predicted octanol–water partition coefficient (Wildman–Crippen LogP) is 3.42. The molecule has 1 aromatic carbocycles. The highest BCUT2D eigenvalue weighted by Gasteiger charge is 2.36. The SMILES string of the molecule is CN(C)c1ccncc1C1CCC(N2CC(NC(=O)CNC(=O)c3cccc(C(F)(F)F)c3)C2)CC1. The molecule has 2 fully saturated rings. The number of halogens is 3. The molecule has 0 atom stereocenters. The summed E-state index contributed by atoms with van der Waals surface area (Å²) in [5, 5.41) is 5.29. The first-order valence-electron chi connectivity index (χ1n) is 12.2. The molecular formula is C26H32F3N5O2. The Hall–Kier alpha value is -3.14. The van der Waals surface area contributed by atoms with Gasteiger partial charge in [-0.3, -0.25) is 19.5 Å². The van der Waals surface area contributed by atoms with Gasteiger partial charge in [0.05, 0.1) is 18.2 Å². The maximum atomic E-state index is 12.8. The van der Waals surface area contributed by atoms with Crippen molar-refractivity contribution in [3.05, 3.63) is 59.4 Å². The number of pyridine rings is 1. The molecule has 36 heavy (non-hydrogen) atoms. The highest BCUT2D eigenvalue weighted by molar-refractivity contribution is 5.96. The van der Waals surface area contributed by atoms with Crippen molar-refractivity contribution in [1.29, 1.82) is 0 Å². The number of benzene rings is 1. The Balaban J connectivity index is 1.18. The maximum absolute atomic E-state index is 12.8. The van der Waals surface area contributed by atoms with Crippen LogP contribution in [0.15, 0.2) is 42.7 Å². The van der Waals surface area contributed by atoms with E-state index in [1.165, 1.54) is 23.4 Å². The summed E-state index contributed by atoms with van der Waals surface area (Å²) in [6, 6.07) is 6.71. The lowest BCUT2D eigenvalue weighted by Crippen LogP contribution is -2.63. The molecule has 7 nitrogen and oxygen atoms in total. The van der Waals surface area contributed by atoms with Crippen molar-refractivity contribution in [3.8, 4) is 0 Å². The molecule has 1 aromatic heterocycles. The van der Waals surface area contributed by atoms with Crippen LogP contribution in [0.5, 0.6) is 0 Å². The zero-order valence-corrected chi connectivity index (χ0v) is 20.5. The van der Waals surface area contributed by atoms with E-state index in [2.05, 4.69) is 45.6 Å². The number of aromatic nitrogens is 1. The quantitative estimate of drug-likeness (QED) is 0.606. The third kappa shape index (κ3) is 6.16. The lowest BCUT2D eigenvalue weighted by Gasteiger charge is -2.47. The standard InChI is InChI=1S/C26H32F3N5O2/c1-33(2)23-10-11-30-13-22(23)17-6-8-21(9-7-17)34-15-20(16-34)32-24(35)14-31-25(36)18-4-3-5-19(12-18)26(27,28)29/h3-5,10-13,17,20-21H,6-9,14-16H2,1-2H3,(H,31,36)(H,32,35). The molecule has 0 radical (unpaired) electrons. The molecule has 2 aromatic rings. The molecule has 4 rings (SSSR count). The van der Waals surface area contributed by atoms with E-state index in [1.54, 1.807) is 0 Å². The van der Waals surface area contributed by atoms with Gasteiger partial charge >= 0.3 is 6.18 Å². The minimum atomic E-state index is -4.53. The first kappa shape index (κ1) is 25.9. The zero-order valence-electron chi connectivity index (χ0n) is 20.5. The van der Waals surface area contributed by atoms with E-state index >= 15 is 0 Å². The van der Waals surface area contributed by atoms with Crippen LogP contribution in [0, 0.1) is 0 Å². The number of rotatable bonds is 7. The van der Waals surface area contributed by atoms with Crippen molar-refractivity contribution in [2.45, 2.75) is 49.9 Å². The fourth-order valence-corrected chi connectivity index (χ4v) is 5.15. The summed E-state index contributed by atoms with van der Waals surface area (Å²) in [6.07, 6.45) is 3.69. The number of nitrogens with zero attached hydrogens (tertiary/aromatic N) is 3. The molecule has 1 aliphatic carbocycles. The van der Waals surface area contributed by atoms with Crippen LogP contribution >= 0.6 is 0 Å². The summed E-state index contributed by atoms with van der Waals surface area (Å²) >= 11 is 0. The van der Waals surface area contributed by atoms with Gasteiger partial charge in [0.2, 0.25) is 5.91 Å². The number of likely N-dealkylation sites (tertiary alicyclic amines) is 1. The molecule has 1 saturated heterocycles. The fourth-order valence-electron chi connectivity index (χ4n) is 5.15. The lowest BCUT2D eigenvalue weighted by molar-refractivity contribution is -0.137. The van der Waals surface area contributed by atoms with E-state index in [0.717, 1.165) is 50.9 Å². The van der Waals surface area contributed by atoms with Crippen LogP contribution in [0.3, 0.4) is 0 Å². The Morgan fingerprint density at radius 3 is 2.50 bits per heavy atom. The molecule has 1 saturated carbocycles. The largest absolute Gasteiger partial charge is 0.416 e. The Morgan fingerprint density at radius 2 is 1.83 bits per heavy atom. The van der Waals surface area contributed by atoms with E-state index in [-0.39, 0.29) is 24.1 Å². The first-order chi connectivity index (χ1) is 17.1. The third-order valence-corrected chi connectivity index (χ3v) is 7.10. The number of nitrogens with one attached hydrogen (secondary N) is 2. The van der Waals surface area contributed by atoms with Crippen LogP contribution in [0.4, 0.5) is 18.9 Å². The van der Waals surface area contributed by atoms with Gasteiger partial charge < -0.3 is 15.5 Å². The van der Waals surface area contributed by atoms with Crippen molar-refractivity contribution in [2.75, 3.05) is 38.6 Å². The van der Waals surface area contributed by atoms with Gasteiger partial charge in [-0.1, -0.05) is 6.07 Å². The Morgan fingerprint density at radius 1 is 1.11 bits per heavy atom. The van der Waals surface area contributed by atoms with Crippen molar-refractivity contribution >= 4 is 17.5 Å². The monoisotopic (exact) mass is 503 g/mol. The normalized spacial score (nSPS) is 20.9. The van der Waals surface area contributed by atoms with Crippen molar-refractivity contribution in [3.63, 3.8) is 0 Å².